The smallest absolute Gasteiger partial charge is 0.319 e. The number of amides is 2. The van der Waals surface area contributed by atoms with E-state index in [1.54, 1.807) is 0 Å². The molecule has 1 fully saturated rings. The molecule has 2 rings (SSSR count). The van der Waals surface area contributed by atoms with Crippen molar-refractivity contribution in [1.82, 2.24) is 5.32 Å². The van der Waals surface area contributed by atoms with Crippen LogP contribution in [0.5, 0.6) is 5.75 Å². The lowest BCUT2D eigenvalue weighted by molar-refractivity contribution is 0.222. The summed E-state index contributed by atoms with van der Waals surface area (Å²) in [6, 6.07) is 3.25. The molecular formula is C15H21FN2O3. The third-order valence-corrected chi connectivity index (χ3v) is 3.41. The number of halogens is 1. The number of anilines is 1. The summed E-state index contributed by atoms with van der Waals surface area (Å²) in [5.41, 5.74) is 0.419. The van der Waals surface area contributed by atoms with Crippen molar-refractivity contribution >= 4 is 11.7 Å². The number of aliphatic hydroxyl groups is 1. The zero-order valence-corrected chi connectivity index (χ0v) is 12.1. The zero-order valence-electron chi connectivity index (χ0n) is 12.1. The van der Waals surface area contributed by atoms with Crippen molar-refractivity contribution < 1.29 is 19.0 Å². The maximum atomic E-state index is 13.3. The van der Waals surface area contributed by atoms with Crippen LogP contribution < -0.4 is 15.4 Å². The largest absolute Gasteiger partial charge is 0.491 e. The highest BCUT2D eigenvalue weighted by molar-refractivity contribution is 5.91. The van der Waals surface area contributed by atoms with E-state index in [4.69, 9.17) is 9.84 Å². The van der Waals surface area contributed by atoms with E-state index in [1.807, 2.05) is 6.92 Å². The van der Waals surface area contributed by atoms with Gasteiger partial charge in [0.2, 0.25) is 0 Å². The van der Waals surface area contributed by atoms with Gasteiger partial charge in [0.15, 0.2) is 0 Å². The van der Waals surface area contributed by atoms with E-state index in [-0.39, 0.29) is 12.6 Å². The molecule has 1 aliphatic rings. The molecule has 0 unspecified atom stereocenters. The van der Waals surface area contributed by atoms with Gasteiger partial charge in [-0.15, -0.1) is 0 Å². The van der Waals surface area contributed by atoms with Crippen LogP contribution in [-0.2, 0) is 0 Å². The van der Waals surface area contributed by atoms with Gasteiger partial charge in [-0.3, -0.25) is 0 Å². The van der Waals surface area contributed by atoms with Crippen molar-refractivity contribution in [3.8, 4) is 5.75 Å². The minimum atomic E-state index is -0.446. The van der Waals surface area contributed by atoms with Gasteiger partial charge in [0.1, 0.15) is 11.6 Å². The number of ether oxygens (including phenoxy) is 1. The first kappa shape index (κ1) is 15.6. The molecule has 6 heteroatoms. The molecular weight excluding hydrogens is 275 g/mol. The molecule has 0 saturated heterocycles. The molecule has 5 nitrogen and oxygen atoms in total. The summed E-state index contributed by atoms with van der Waals surface area (Å²) in [5, 5.41) is 14.3. The van der Waals surface area contributed by atoms with E-state index in [0.29, 0.717) is 30.4 Å². The predicted molar refractivity (Wildman–Crippen MR) is 77.9 cm³/mol. The van der Waals surface area contributed by atoms with Crippen LogP contribution >= 0.6 is 0 Å². The summed E-state index contributed by atoms with van der Waals surface area (Å²) in [4.78, 5) is 11.8. The fraction of sp³-hybridized carbons (Fsp3) is 0.533. The number of benzene rings is 1. The first-order valence-corrected chi connectivity index (χ1v) is 7.23. The number of carbonyl (C=O) groups excluding carboxylic acids is 1. The minimum Gasteiger partial charge on any atom is -0.491 e. The summed E-state index contributed by atoms with van der Waals surface area (Å²) >= 11 is 0. The van der Waals surface area contributed by atoms with Crippen LogP contribution in [0, 0.1) is 11.7 Å². The average Bonchev–Trinajstić information content (AvgIpc) is 3.29. The Bertz CT molecular complexity index is 488. The maximum absolute atomic E-state index is 13.3. The number of rotatable bonds is 7. The van der Waals surface area contributed by atoms with Gasteiger partial charge < -0.3 is 20.5 Å². The van der Waals surface area contributed by atoms with E-state index >= 15 is 0 Å². The number of hydrogen-bond acceptors (Lipinski definition) is 3. The van der Waals surface area contributed by atoms with Crippen molar-refractivity contribution in [3.05, 3.63) is 24.0 Å². The fourth-order valence-electron chi connectivity index (χ4n) is 1.83. The highest BCUT2D eigenvalue weighted by atomic mass is 19.1. The Morgan fingerprint density at radius 3 is 2.90 bits per heavy atom. The number of carbonyl (C=O) groups is 1. The van der Waals surface area contributed by atoms with Gasteiger partial charge in [0.25, 0.3) is 0 Å². The van der Waals surface area contributed by atoms with Crippen LogP contribution in [0.15, 0.2) is 18.2 Å². The lowest BCUT2D eigenvalue weighted by Gasteiger charge is -2.16. The molecule has 0 bridgehead atoms. The molecule has 1 saturated carbocycles. The van der Waals surface area contributed by atoms with Gasteiger partial charge in [-0.25, -0.2) is 9.18 Å². The lowest BCUT2D eigenvalue weighted by atomic mass is 10.2. The topological polar surface area (TPSA) is 70.6 Å². The molecule has 0 aromatic heterocycles. The molecule has 116 valence electrons. The van der Waals surface area contributed by atoms with Crippen LogP contribution in [0.25, 0.3) is 0 Å². The van der Waals surface area contributed by atoms with Crippen molar-refractivity contribution in [2.24, 2.45) is 5.92 Å². The Hall–Kier alpha value is -1.82. The highest BCUT2D eigenvalue weighted by Crippen LogP contribution is 2.32. The molecule has 0 spiro atoms. The molecule has 1 aromatic carbocycles. The summed E-state index contributed by atoms with van der Waals surface area (Å²) in [6.07, 6.45) is 2.89. The quantitative estimate of drug-likeness (QED) is 0.724. The minimum absolute atomic E-state index is 0.127. The third-order valence-electron chi connectivity index (χ3n) is 3.41. The standard InChI is InChI=1S/C15H21FN2O3/c1-2-12(8-19)17-15(20)18-13-6-5-11(16)7-14(13)21-9-10-3-4-10/h5-7,10,12,19H,2-4,8-9H2,1H3,(H2,17,18,20)/t12-/m0/s1. The molecule has 0 heterocycles. The number of nitrogens with one attached hydrogen (secondary N) is 2. The normalized spacial score (nSPS) is 15.4. The van der Waals surface area contributed by atoms with Crippen LogP contribution in [0.2, 0.25) is 0 Å². The summed E-state index contributed by atoms with van der Waals surface area (Å²) in [6.45, 7) is 2.27. The molecule has 1 aromatic rings. The Morgan fingerprint density at radius 1 is 1.52 bits per heavy atom. The second kappa shape index (κ2) is 7.26. The summed E-state index contributed by atoms with van der Waals surface area (Å²) < 4.78 is 18.9. The molecule has 1 aliphatic carbocycles. The molecule has 1 atom stereocenters. The Morgan fingerprint density at radius 2 is 2.29 bits per heavy atom. The molecule has 0 aliphatic heterocycles. The SMILES string of the molecule is CC[C@@H](CO)NC(=O)Nc1ccc(F)cc1OCC1CC1. The molecule has 0 radical (unpaired) electrons. The number of urea groups is 1. The van der Waals surface area contributed by atoms with Gasteiger partial charge in [-0.2, -0.15) is 0 Å². The van der Waals surface area contributed by atoms with E-state index in [1.165, 1.54) is 18.2 Å². The van der Waals surface area contributed by atoms with Crippen molar-refractivity contribution in [2.45, 2.75) is 32.2 Å². The maximum Gasteiger partial charge on any atom is 0.319 e. The third kappa shape index (κ3) is 4.90. The van der Waals surface area contributed by atoms with Crippen molar-refractivity contribution in [1.29, 1.82) is 0 Å². The highest BCUT2D eigenvalue weighted by Gasteiger charge is 2.22. The van der Waals surface area contributed by atoms with Gasteiger partial charge in [-0.05, 0) is 37.3 Å². The van der Waals surface area contributed by atoms with Gasteiger partial charge >= 0.3 is 6.03 Å². The second-order valence-corrected chi connectivity index (χ2v) is 5.28. The zero-order chi connectivity index (χ0) is 15.2. The lowest BCUT2D eigenvalue weighted by Crippen LogP contribution is -2.39. The Balaban J connectivity index is 1.98. The van der Waals surface area contributed by atoms with Crippen LogP contribution in [0.1, 0.15) is 26.2 Å². The van der Waals surface area contributed by atoms with Gasteiger partial charge in [0, 0.05) is 6.07 Å². The summed E-state index contributed by atoms with van der Waals surface area (Å²) in [5.74, 6) is 0.455. The Kier molecular flexibility index (Phi) is 5.38. The first-order chi connectivity index (χ1) is 10.1. The fourth-order valence-corrected chi connectivity index (χ4v) is 1.83. The van der Waals surface area contributed by atoms with Crippen LogP contribution in [0.3, 0.4) is 0 Å². The van der Waals surface area contributed by atoms with E-state index < -0.39 is 11.8 Å². The van der Waals surface area contributed by atoms with Crippen LogP contribution in [-0.4, -0.2) is 30.4 Å². The van der Waals surface area contributed by atoms with Crippen molar-refractivity contribution in [2.75, 3.05) is 18.5 Å². The second-order valence-electron chi connectivity index (χ2n) is 5.28. The Labute approximate surface area is 123 Å². The number of hydrogen-bond donors (Lipinski definition) is 3. The molecule has 21 heavy (non-hydrogen) atoms. The predicted octanol–water partition coefficient (Wildman–Crippen LogP) is 2.51. The average molecular weight is 296 g/mol. The van der Waals surface area contributed by atoms with Gasteiger partial charge in [-0.1, -0.05) is 6.92 Å². The monoisotopic (exact) mass is 296 g/mol. The molecule has 2 amide bonds. The van der Waals surface area contributed by atoms with Crippen molar-refractivity contribution in [3.63, 3.8) is 0 Å². The summed E-state index contributed by atoms with van der Waals surface area (Å²) in [7, 11) is 0. The molecule has 3 N–H and O–H groups in total. The van der Waals surface area contributed by atoms with E-state index in [9.17, 15) is 9.18 Å². The van der Waals surface area contributed by atoms with Gasteiger partial charge in [0.05, 0.1) is 24.9 Å². The van der Waals surface area contributed by atoms with E-state index in [0.717, 1.165) is 12.8 Å². The first-order valence-electron chi connectivity index (χ1n) is 7.23. The van der Waals surface area contributed by atoms with E-state index in [2.05, 4.69) is 10.6 Å². The van der Waals surface area contributed by atoms with Crippen LogP contribution in [0.4, 0.5) is 14.9 Å². The number of aliphatic hydroxyl groups excluding tert-OH is 1.